The Morgan fingerprint density at radius 3 is 2.84 bits per heavy atom. The number of aliphatic hydroxyl groups excluding tert-OH is 1. The van der Waals surface area contributed by atoms with Gasteiger partial charge in [-0.05, 0) is 29.7 Å². The Labute approximate surface area is 116 Å². The SMILES string of the molecule is O=S(=O)(NC[C@H](O)c1csc2ccccc12)C1CC1. The molecular formula is C13H15NO3S2. The van der Waals surface area contributed by atoms with Crippen molar-refractivity contribution in [1.82, 2.24) is 4.72 Å². The van der Waals surface area contributed by atoms with Gasteiger partial charge in [0.05, 0.1) is 11.4 Å². The van der Waals surface area contributed by atoms with Crippen molar-refractivity contribution < 1.29 is 13.5 Å². The zero-order valence-corrected chi connectivity index (χ0v) is 11.9. The molecule has 1 aliphatic rings. The van der Waals surface area contributed by atoms with Crippen molar-refractivity contribution >= 4 is 31.4 Å². The van der Waals surface area contributed by atoms with E-state index in [1.807, 2.05) is 29.6 Å². The van der Waals surface area contributed by atoms with E-state index in [1.54, 1.807) is 11.3 Å². The van der Waals surface area contributed by atoms with Crippen LogP contribution >= 0.6 is 11.3 Å². The highest BCUT2D eigenvalue weighted by molar-refractivity contribution is 7.90. The maximum absolute atomic E-state index is 11.7. The number of hydrogen-bond donors (Lipinski definition) is 2. The molecule has 102 valence electrons. The van der Waals surface area contributed by atoms with Crippen molar-refractivity contribution in [2.75, 3.05) is 6.54 Å². The first-order valence-corrected chi connectivity index (χ1v) is 8.63. The molecule has 0 saturated heterocycles. The lowest BCUT2D eigenvalue weighted by Gasteiger charge is -2.11. The predicted molar refractivity (Wildman–Crippen MR) is 76.7 cm³/mol. The molecule has 1 aliphatic carbocycles. The zero-order valence-electron chi connectivity index (χ0n) is 10.2. The number of fused-ring (bicyclic) bond motifs is 1. The van der Waals surface area contributed by atoms with E-state index in [0.717, 1.165) is 28.5 Å². The van der Waals surface area contributed by atoms with Gasteiger partial charge in [0.1, 0.15) is 0 Å². The third kappa shape index (κ3) is 2.67. The number of rotatable bonds is 5. The molecule has 6 heteroatoms. The van der Waals surface area contributed by atoms with Crippen molar-refractivity contribution in [1.29, 1.82) is 0 Å². The van der Waals surface area contributed by atoms with Gasteiger partial charge < -0.3 is 5.11 Å². The molecule has 1 aromatic heterocycles. The molecule has 0 amide bonds. The zero-order chi connectivity index (χ0) is 13.5. The first-order valence-electron chi connectivity index (χ1n) is 6.20. The van der Waals surface area contributed by atoms with Crippen molar-refractivity contribution in [2.24, 2.45) is 0 Å². The second kappa shape index (κ2) is 4.86. The van der Waals surface area contributed by atoms with Gasteiger partial charge in [-0.3, -0.25) is 0 Å². The van der Waals surface area contributed by atoms with Crippen LogP contribution in [0, 0.1) is 0 Å². The summed E-state index contributed by atoms with van der Waals surface area (Å²) in [6.07, 6.45) is 0.657. The Hall–Kier alpha value is -0.950. The molecule has 2 aromatic rings. The van der Waals surface area contributed by atoms with Gasteiger partial charge in [-0.2, -0.15) is 0 Å². The Balaban J connectivity index is 1.75. The van der Waals surface area contributed by atoms with Crippen LogP contribution in [0.25, 0.3) is 10.1 Å². The minimum atomic E-state index is -3.23. The van der Waals surface area contributed by atoms with Crippen LogP contribution in [0.5, 0.6) is 0 Å². The minimum Gasteiger partial charge on any atom is -0.387 e. The topological polar surface area (TPSA) is 66.4 Å². The number of sulfonamides is 1. The number of hydrogen-bond acceptors (Lipinski definition) is 4. The average molecular weight is 297 g/mol. The molecule has 0 spiro atoms. The second-order valence-corrected chi connectivity index (χ2v) is 7.75. The minimum absolute atomic E-state index is 0.0412. The molecule has 1 atom stereocenters. The highest BCUT2D eigenvalue weighted by Gasteiger charge is 2.35. The van der Waals surface area contributed by atoms with Crippen molar-refractivity contribution in [2.45, 2.75) is 24.2 Å². The molecule has 1 heterocycles. The lowest BCUT2D eigenvalue weighted by molar-refractivity contribution is 0.184. The third-order valence-electron chi connectivity index (χ3n) is 3.31. The summed E-state index contributed by atoms with van der Waals surface area (Å²) in [5, 5.41) is 12.8. The van der Waals surface area contributed by atoms with Crippen LogP contribution in [0.1, 0.15) is 24.5 Å². The lowest BCUT2D eigenvalue weighted by atomic mass is 10.1. The van der Waals surface area contributed by atoms with Gasteiger partial charge in [0.25, 0.3) is 0 Å². The maximum Gasteiger partial charge on any atom is 0.214 e. The van der Waals surface area contributed by atoms with E-state index < -0.39 is 16.1 Å². The van der Waals surface area contributed by atoms with Crippen LogP contribution in [0.4, 0.5) is 0 Å². The van der Waals surface area contributed by atoms with Crippen LogP contribution < -0.4 is 4.72 Å². The Morgan fingerprint density at radius 1 is 1.37 bits per heavy atom. The molecule has 0 radical (unpaired) electrons. The summed E-state index contributed by atoms with van der Waals surface area (Å²) in [5.74, 6) is 0. The van der Waals surface area contributed by atoms with Gasteiger partial charge in [0.2, 0.25) is 10.0 Å². The van der Waals surface area contributed by atoms with Crippen LogP contribution in [0.15, 0.2) is 29.6 Å². The van der Waals surface area contributed by atoms with Crippen LogP contribution in [-0.4, -0.2) is 25.3 Å². The first kappa shape index (κ1) is 13.1. The molecule has 1 fully saturated rings. The van der Waals surface area contributed by atoms with E-state index in [1.165, 1.54) is 0 Å². The van der Waals surface area contributed by atoms with E-state index in [-0.39, 0.29) is 11.8 Å². The van der Waals surface area contributed by atoms with E-state index in [4.69, 9.17) is 0 Å². The number of benzene rings is 1. The summed E-state index contributed by atoms with van der Waals surface area (Å²) < 4.78 is 27.0. The van der Waals surface area contributed by atoms with Gasteiger partial charge in [-0.15, -0.1) is 11.3 Å². The van der Waals surface area contributed by atoms with Crippen LogP contribution in [0.2, 0.25) is 0 Å². The molecule has 3 rings (SSSR count). The molecular weight excluding hydrogens is 282 g/mol. The largest absolute Gasteiger partial charge is 0.387 e. The van der Waals surface area contributed by atoms with Gasteiger partial charge in [-0.1, -0.05) is 18.2 Å². The highest BCUT2D eigenvalue weighted by atomic mass is 32.2. The molecule has 4 nitrogen and oxygen atoms in total. The summed E-state index contributed by atoms with van der Waals surface area (Å²) in [7, 11) is -3.23. The molecule has 1 aromatic carbocycles. The molecule has 2 N–H and O–H groups in total. The van der Waals surface area contributed by atoms with Gasteiger partial charge in [0, 0.05) is 16.8 Å². The summed E-state index contributed by atoms with van der Waals surface area (Å²) >= 11 is 1.56. The van der Waals surface area contributed by atoms with Gasteiger partial charge in [-0.25, -0.2) is 13.1 Å². The fraction of sp³-hybridized carbons (Fsp3) is 0.385. The number of aliphatic hydroxyl groups is 1. The molecule has 0 unspecified atom stereocenters. The summed E-state index contributed by atoms with van der Waals surface area (Å²) in [5.41, 5.74) is 0.791. The van der Waals surface area contributed by atoms with E-state index in [2.05, 4.69) is 4.72 Å². The van der Waals surface area contributed by atoms with Crippen molar-refractivity contribution in [3.05, 3.63) is 35.2 Å². The molecule has 1 saturated carbocycles. The number of nitrogens with one attached hydrogen (secondary N) is 1. The van der Waals surface area contributed by atoms with E-state index in [0.29, 0.717) is 0 Å². The van der Waals surface area contributed by atoms with Crippen LogP contribution in [0.3, 0.4) is 0 Å². The van der Waals surface area contributed by atoms with Gasteiger partial charge >= 0.3 is 0 Å². The van der Waals surface area contributed by atoms with Crippen LogP contribution in [-0.2, 0) is 10.0 Å². The van der Waals surface area contributed by atoms with Gasteiger partial charge in [0.15, 0.2) is 0 Å². The Bertz CT molecular complexity index is 689. The molecule has 19 heavy (non-hydrogen) atoms. The molecule has 0 bridgehead atoms. The lowest BCUT2D eigenvalue weighted by Crippen LogP contribution is -2.31. The fourth-order valence-electron chi connectivity index (χ4n) is 2.06. The Kier molecular flexibility index (Phi) is 3.34. The maximum atomic E-state index is 11.7. The van der Waals surface area contributed by atoms with E-state index in [9.17, 15) is 13.5 Å². The molecule has 0 aliphatic heterocycles. The standard InChI is InChI=1S/C13H15NO3S2/c15-12(7-14-19(16,17)9-5-6-9)11-8-18-13-4-2-1-3-10(11)13/h1-4,8-9,12,14-15H,5-7H2/t12-/m0/s1. The number of thiophene rings is 1. The summed E-state index contributed by atoms with van der Waals surface area (Å²) in [6, 6.07) is 7.80. The summed E-state index contributed by atoms with van der Waals surface area (Å²) in [4.78, 5) is 0. The predicted octanol–water partition coefficient (Wildman–Crippen LogP) is 2.02. The van der Waals surface area contributed by atoms with Crippen molar-refractivity contribution in [3.8, 4) is 0 Å². The highest BCUT2D eigenvalue weighted by Crippen LogP contribution is 2.31. The second-order valence-electron chi connectivity index (χ2n) is 4.80. The monoisotopic (exact) mass is 297 g/mol. The summed E-state index contributed by atoms with van der Waals surface area (Å²) in [6.45, 7) is 0.0412. The smallest absolute Gasteiger partial charge is 0.214 e. The Morgan fingerprint density at radius 2 is 2.11 bits per heavy atom. The average Bonchev–Trinajstić information content (AvgIpc) is 3.17. The normalized spacial score (nSPS) is 17.7. The quantitative estimate of drug-likeness (QED) is 0.887. The van der Waals surface area contributed by atoms with Crippen molar-refractivity contribution in [3.63, 3.8) is 0 Å². The van der Waals surface area contributed by atoms with E-state index >= 15 is 0 Å². The third-order valence-corrected chi connectivity index (χ3v) is 6.21. The fourth-order valence-corrected chi connectivity index (χ4v) is 4.45. The first-order chi connectivity index (χ1) is 9.08.